The Labute approximate surface area is 202 Å². The number of phenolic OH excluding ortho intramolecular Hbond substituents is 1. The lowest BCUT2D eigenvalue weighted by Gasteiger charge is -2.30. The van der Waals surface area contributed by atoms with Gasteiger partial charge in [-0.15, -0.1) is 10.2 Å². The predicted molar refractivity (Wildman–Crippen MR) is 132 cm³/mol. The molecule has 2 aliphatic carbocycles. The van der Waals surface area contributed by atoms with Gasteiger partial charge in [-0.3, -0.25) is 5.32 Å². The molecule has 2 aliphatic rings. The highest BCUT2D eigenvalue weighted by atomic mass is 16.6. The van der Waals surface area contributed by atoms with E-state index in [1.165, 1.54) is 6.42 Å². The number of ether oxygens (including phenoxy) is 1. The second-order valence-electron chi connectivity index (χ2n) is 9.66. The summed E-state index contributed by atoms with van der Waals surface area (Å²) in [7, 11) is 0. The number of amides is 1. The zero-order valence-electron chi connectivity index (χ0n) is 19.8. The third-order valence-corrected chi connectivity index (χ3v) is 7.15. The molecule has 1 atom stereocenters. The van der Waals surface area contributed by atoms with Gasteiger partial charge in [-0.25, -0.2) is 4.79 Å². The summed E-state index contributed by atoms with van der Waals surface area (Å²) in [5.41, 5.74) is 4.39. The molecule has 0 saturated heterocycles. The molecule has 0 spiro atoms. The fourth-order valence-corrected chi connectivity index (χ4v) is 4.91. The Morgan fingerprint density at radius 1 is 1.14 bits per heavy atom. The van der Waals surface area contributed by atoms with Crippen molar-refractivity contribution in [2.24, 2.45) is 5.92 Å². The number of anilines is 1. The largest absolute Gasteiger partial charge is 0.508 e. The first-order valence-electron chi connectivity index (χ1n) is 12.2. The summed E-state index contributed by atoms with van der Waals surface area (Å²) in [5, 5.41) is 22.5. The minimum atomic E-state index is -0.432. The van der Waals surface area contributed by atoms with Crippen LogP contribution in [0.5, 0.6) is 5.75 Å². The molecule has 2 aromatic carbocycles. The van der Waals surface area contributed by atoms with E-state index in [0.29, 0.717) is 29.4 Å². The lowest BCUT2D eigenvalue weighted by atomic mass is 9.92. The van der Waals surface area contributed by atoms with Crippen LogP contribution >= 0.6 is 0 Å². The highest BCUT2D eigenvalue weighted by Gasteiger charge is 2.31. The van der Waals surface area contributed by atoms with E-state index in [1.54, 1.807) is 19.1 Å². The molecular formula is C27H28N4O4. The molecule has 8 nitrogen and oxygen atoms in total. The summed E-state index contributed by atoms with van der Waals surface area (Å²) in [6.45, 7) is 3.72. The van der Waals surface area contributed by atoms with Crippen LogP contribution < -0.4 is 5.32 Å². The standard InChI is InChI=1S/C27H28N4O4/c1-15(17-6-7-17)34-27(33)28-19-10-8-18(9-11-19)25-24(26-30-29-16(2)35-26)22-13-12-21(32)14-23(22)31(25)20-4-3-5-20/h8-15,17,20,32H,3-7H2,1-2H3,(H,28,33). The van der Waals surface area contributed by atoms with Gasteiger partial charge in [-0.1, -0.05) is 12.1 Å². The first-order valence-corrected chi connectivity index (χ1v) is 12.2. The van der Waals surface area contributed by atoms with Crippen LogP contribution in [0.25, 0.3) is 33.6 Å². The van der Waals surface area contributed by atoms with Crippen LogP contribution in [0.4, 0.5) is 10.5 Å². The fourth-order valence-electron chi connectivity index (χ4n) is 4.91. The molecule has 4 aromatic rings. The van der Waals surface area contributed by atoms with Crippen molar-refractivity contribution in [2.45, 2.75) is 58.1 Å². The van der Waals surface area contributed by atoms with Crippen LogP contribution in [0, 0.1) is 12.8 Å². The van der Waals surface area contributed by atoms with Crippen molar-refractivity contribution >= 4 is 22.7 Å². The number of benzene rings is 2. The fraction of sp³-hybridized carbons (Fsp3) is 0.370. The lowest BCUT2D eigenvalue weighted by Crippen LogP contribution is -2.21. The number of nitrogens with zero attached hydrogens (tertiary/aromatic N) is 3. The van der Waals surface area contributed by atoms with Gasteiger partial charge in [-0.05, 0) is 74.8 Å². The van der Waals surface area contributed by atoms with Gasteiger partial charge in [0, 0.05) is 30.1 Å². The summed E-state index contributed by atoms with van der Waals surface area (Å²) in [6.07, 6.45) is 5.05. The van der Waals surface area contributed by atoms with E-state index in [2.05, 4.69) is 20.1 Å². The topological polar surface area (TPSA) is 102 Å². The van der Waals surface area contributed by atoms with E-state index in [-0.39, 0.29) is 11.9 Å². The van der Waals surface area contributed by atoms with Crippen molar-refractivity contribution in [1.82, 2.24) is 14.8 Å². The van der Waals surface area contributed by atoms with Gasteiger partial charge in [0.15, 0.2) is 0 Å². The van der Waals surface area contributed by atoms with Crippen molar-refractivity contribution in [1.29, 1.82) is 0 Å². The van der Waals surface area contributed by atoms with Gasteiger partial charge in [-0.2, -0.15) is 0 Å². The van der Waals surface area contributed by atoms with Gasteiger partial charge in [0.1, 0.15) is 11.9 Å². The number of nitrogens with one attached hydrogen (secondary N) is 1. The Bertz CT molecular complexity index is 1400. The molecule has 1 unspecified atom stereocenters. The molecule has 6 rings (SSSR count). The first-order chi connectivity index (χ1) is 17.0. The van der Waals surface area contributed by atoms with Crippen LogP contribution in [-0.4, -0.2) is 32.1 Å². The predicted octanol–water partition coefficient (Wildman–Crippen LogP) is 6.44. The van der Waals surface area contributed by atoms with Gasteiger partial charge in [0.2, 0.25) is 5.89 Å². The molecule has 2 heterocycles. The summed E-state index contributed by atoms with van der Waals surface area (Å²) >= 11 is 0. The summed E-state index contributed by atoms with van der Waals surface area (Å²) in [5.74, 6) is 1.65. The summed E-state index contributed by atoms with van der Waals surface area (Å²) in [4.78, 5) is 12.3. The number of aromatic nitrogens is 3. The van der Waals surface area contributed by atoms with Crippen molar-refractivity contribution in [2.75, 3.05) is 5.32 Å². The van der Waals surface area contributed by atoms with Crippen LogP contribution in [0.15, 0.2) is 46.9 Å². The van der Waals surface area contributed by atoms with Crippen LogP contribution in [-0.2, 0) is 4.74 Å². The van der Waals surface area contributed by atoms with Crippen molar-refractivity contribution in [3.05, 3.63) is 48.4 Å². The minimum Gasteiger partial charge on any atom is -0.508 e. The first kappa shape index (κ1) is 21.7. The molecule has 2 fully saturated rings. The Morgan fingerprint density at radius 2 is 1.91 bits per heavy atom. The Hall–Kier alpha value is -3.81. The number of carbonyl (C=O) groups excluding carboxylic acids is 1. The SMILES string of the molecule is Cc1nnc(-c2c(-c3ccc(NC(=O)OC(C)C4CC4)cc3)n(C3CCC3)c3cc(O)ccc23)o1. The quantitative estimate of drug-likeness (QED) is 0.335. The van der Waals surface area contributed by atoms with Crippen molar-refractivity contribution < 1.29 is 19.1 Å². The maximum absolute atomic E-state index is 12.3. The average Bonchev–Trinajstić information content (AvgIpc) is 3.50. The van der Waals surface area contributed by atoms with Crippen LogP contribution in [0.2, 0.25) is 0 Å². The normalized spacial score (nSPS) is 16.7. The molecular weight excluding hydrogens is 444 g/mol. The molecule has 0 bridgehead atoms. The Kier molecular flexibility index (Phi) is 5.24. The van der Waals surface area contributed by atoms with E-state index in [0.717, 1.165) is 53.4 Å². The van der Waals surface area contributed by atoms with E-state index in [1.807, 2.05) is 37.3 Å². The molecule has 0 aliphatic heterocycles. The van der Waals surface area contributed by atoms with Crippen LogP contribution in [0.3, 0.4) is 0 Å². The monoisotopic (exact) mass is 472 g/mol. The molecule has 2 N–H and O–H groups in total. The van der Waals surface area contributed by atoms with Crippen molar-refractivity contribution in [3.8, 4) is 28.5 Å². The zero-order valence-corrected chi connectivity index (χ0v) is 19.8. The highest BCUT2D eigenvalue weighted by molar-refractivity contribution is 6.03. The third kappa shape index (κ3) is 4.03. The van der Waals surface area contributed by atoms with Gasteiger partial charge in [0.05, 0.1) is 16.8 Å². The van der Waals surface area contributed by atoms with E-state index in [9.17, 15) is 9.90 Å². The number of fused-ring (bicyclic) bond motifs is 1. The molecule has 35 heavy (non-hydrogen) atoms. The molecule has 2 saturated carbocycles. The minimum absolute atomic E-state index is 0.0655. The number of hydrogen-bond donors (Lipinski definition) is 2. The number of rotatable bonds is 6. The molecule has 1 amide bonds. The maximum atomic E-state index is 12.3. The molecule has 0 radical (unpaired) electrons. The highest BCUT2D eigenvalue weighted by Crippen LogP contribution is 2.47. The van der Waals surface area contributed by atoms with E-state index >= 15 is 0 Å². The van der Waals surface area contributed by atoms with E-state index in [4.69, 9.17) is 9.15 Å². The van der Waals surface area contributed by atoms with Gasteiger partial charge in [0.25, 0.3) is 5.89 Å². The lowest BCUT2D eigenvalue weighted by molar-refractivity contribution is 0.108. The molecule has 2 aromatic heterocycles. The number of hydrogen-bond acceptors (Lipinski definition) is 6. The smallest absolute Gasteiger partial charge is 0.411 e. The average molecular weight is 473 g/mol. The molecule has 180 valence electrons. The number of aryl methyl sites for hydroxylation is 1. The molecule has 8 heteroatoms. The van der Waals surface area contributed by atoms with Crippen LogP contribution in [0.1, 0.15) is 51.0 Å². The van der Waals surface area contributed by atoms with Gasteiger partial charge >= 0.3 is 6.09 Å². The summed E-state index contributed by atoms with van der Waals surface area (Å²) < 4.78 is 13.7. The Morgan fingerprint density at radius 3 is 2.54 bits per heavy atom. The number of phenols is 1. The maximum Gasteiger partial charge on any atom is 0.411 e. The van der Waals surface area contributed by atoms with E-state index < -0.39 is 6.09 Å². The summed E-state index contributed by atoms with van der Waals surface area (Å²) in [6, 6.07) is 13.4. The second-order valence-corrected chi connectivity index (χ2v) is 9.66. The number of aromatic hydroxyl groups is 1. The zero-order chi connectivity index (χ0) is 24.1. The Balaban J connectivity index is 1.41. The van der Waals surface area contributed by atoms with Crippen molar-refractivity contribution in [3.63, 3.8) is 0 Å². The van der Waals surface area contributed by atoms with Gasteiger partial charge < -0.3 is 18.8 Å². The third-order valence-electron chi connectivity index (χ3n) is 7.15. The second kappa shape index (κ2) is 8.45. The number of carbonyl (C=O) groups is 1.